The molecule has 18 heavy (non-hydrogen) atoms. The molecule has 0 saturated carbocycles. The van der Waals surface area contributed by atoms with Gasteiger partial charge in [0, 0.05) is 10.7 Å². The Morgan fingerprint density at radius 2 is 2.11 bits per heavy atom. The predicted octanol–water partition coefficient (Wildman–Crippen LogP) is 1.61. The summed E-state index contributed by atoms with van der Waals surface area (Å²) in [5.74, 6) is -0.422. The third-order valence-electron chi connectivity index (χ3n) is 2.03. The minimum absolute atomic E-state index is 0.0114. The van der Waals surface area contributed by atoms with Gasteiger partial charge in [-0.2, -0.15) is 0 Å². The molecule has 0 heterocycles. The highest BCUT2D eigenvalue weighted by atomic mass is 35.5. The highest BCUT2D eigenvalue weighted by molar-refractivity contribution is 7.89. The van der Waals surface area contributed by atoms with Gasteiger partial charge in [0.25, 0.3) is 0 Å². The van der Waals surface area contributed by atoms with Gasteiger partial charge < -0.3 is 5.32 Å². The molecule has 2 N–H and O–H groups in total. The quantitative estimate of drug-likeness (QED) is 0.836. The molecule has 1 aromatic rings. The van der Waals surface area contributed by atoms with E-state index >= 15 is 0 Å². The van der Waals surface area contributed by atoms with Gasteiger partial charge in [-0.25, -0.2) is 13.1 Å². The second kappa shape index (κ2) is 6.72. The third-order valence-corrected chi connectivity index (χ3v) is 3.80. The number of anilines is 1. The average molecular weight is 291 g/mol. The minimum atomic E-state index is -3.36. The fraction of sp³-hybridized carbons (Fsp3) is 0.364. The average Bonchev–Trinajstić information content (AvgIpc) is 2.26. The van der Waals surface area contributed by atoms with E-state index in [9.17, 15) is 13.2 Å². The second-order valence-electron chi connectivity index (χ2n) is 3.70. The Morgan fingerprint density at radius 3 is 2.72 bits per heavy atom. The smallest absolute Gasteiger partial charge is 0.239 e. The summed E-state index contributed by atoms with van der Waals surface area (Å²) in [6, 6.07) is 6.63. The number of hydrogen-bond acceptors (Lipinski definition) is 3. The Bertz CT molecular complexity index is 517. The lowest BCUT2D eigenvalue weighted by Gasteiger charge is -2.07. The highest BCUT2D eigenvalue weighted by Gasteiger charge is 2.11. The van der Waals surface area contributed by atoms with Crippen molar-refractivity contribution in [3.8, 4) is 0 Å². The van der Waals surface area contributed by atoms with Gasteiger partial charge in [0.15, 0.2) is 0 Å². The summed E-state index contributed by atoms with van der Waals surface area (Å²) < 4.78 is 24.9. The number of carbonyl (C=O) groups is 1. The lowest BCUT2D eigenvalue weighted by atomic mass is 10.3. The van der Waals surface area contributed by atoms with Crippen molar-refractivity contribution < 1.29 is 13.2 Å². The maximum atomic E-state index is 11.5. The van der Waals surface area contributed by atoms with Crippen LogP contribution in [0.1, 0.15) is 13.3 Å². The van der Waals surface area contributed by atoms with Crippen molar-refractivity contribution in [2.24, 2.45) is 0 Å². The molecule has 0 aliphatic heterocycles. The molecule has 5 nitrogen and oxygen atoms in total. The second-order valence-corrected chi connectivity index (χ2v) is 6.06. The van der Waals surface area contributed by atoms with Crippen LogP contribution in [0.5, 0.6) is 0 Å². The molecule has 1 amide bonds. The summed E-state index contributed by atoms with van der Waals surface area (Å²) >= 11 is 5.76. The summed E-state index contributed by atoms with van der Waals surface area (Å²) in [5, 5.41) is 3.05. The van der Waals surface area contributed by atoms with Crippen molar-refractivity contribution in [1.82, 2.24) is 4.72 Å². The normalized spacial score (nSPS) is 11.2. The maximum absolute atomic E-state index is 11.5. The van der Waals surface area contributed by atoms with Gasteiger partial charge in [-0.05, 0) is 24.6 Å². The van der Waals surface area contributed by atoms with Crippen molar-refractivity contribution in [2.45, 2.75) is 13.3 Å². The highest BCUT2D eigenvalue weighted by Crippen LogP contribution is 2.14. The van der Waals surface area contributed by atoms with Crippen LogP contribution in [0, 0.1) is 0 Å². The molecule has 100 valence electrons. The summed E-state index contributed by atoms with van der Waals surface area (Å²) in [5.41, 5.74) is 0.530. The monoisotopic (exact) mass is 290 g/mol. The van der Waals surface area contributed by atoms with Gasteiger partial charge in [0.2, 0.25) is 15.9 Å². The van der Waals surface area contributed by atoms with Crippen molar-refractivity contribution in [1.29, 1.82) is 0 Å². The first kappa shape index (κ1) is 14.9. The largest absolute Gasteiger partial charge is 0.325 e. The van der Waals surface area contributed by atoms with Gasteiger partial charge in [0.05, 0.1) is 12.3 Å². The van der Waals surface area contributed by atoms with Crippen molar-refractivity contribution in [3.05, 3.63) is 29.3 Å². The van der Waals surface area contributed by atoms with E-state index in [0.717, 1.165) is 0 Å². The fourth-order valence-electron chi connectivity index (χ4n) is 1.29. The molecule has 0 unspecified atom stereocenters. The molecule has 0 aliphatic rings. The van der Waals surface area contributed by atoms with Crippen LogP contribution in [0.3, 0.4) is 0 Å². The molecule has 1 rings (SSSR count). The predicted molar refractivity (Wildman–Crippen MR) is 72.2 cm³/mol. The van der Waals surface area contributed by atoms with Crippen molar-refractivity contribution >= 4 is 33.2 Å². The topological polar surface area (TPSA) is 75.3 Å². The summed E-state index contributed by atoms with van der Waals surface area (Å²) in [4.78, 5) is 11.5. The molecule has 0 fully saturated rings. The van der Waals surface area contributed by atoms with Crippen LogP contribution in [-0.2, 0) is 14.8 Å². The molecule has 0 aliphatic carbocycles. The molecular weight excluding hydrogens is 276 g/mol. The van der Waals surface area contributed by atoms with Gasteiger partial charge in [-0.3, -0.25) is 4.79 Å². The lowest BCUT2D eigenvalue weighted by molar-refractivity contribution is -0.115. The van der Waals surface area contributed by atoms with E-state index in [1.54, 1.807) is 31.2 Å². The van der Waals surface area contributed by atoms with Crippen LogP contribution in [-0.4, -0.2) is 26.6 Å². The molecule has 0 saturated heterocycles. The number of carbonyl (C=O) groups excluding carboxylic acids is 1. The zero-order chi connectivity index (χ0) is 13.6. The van der Waals surface area contributed by atoms with Gasteiger partial charge in [-0.1, -0.05) is 24.6 Å². The lowest BCUT2D eigenvalue weighted by Crippen LogP contribution is -2.34. The number of sulfonamides is 1. The first-order chi connectivity index (χ1) is 8.43. The summed E-state index contributed by atoms with van der Waals surface area (Å²) in [6.45, 7) is 1.47. The zero-order valence-corrected chi connectivity index (χ0v) is 11.5. The molecule has 0 atom stereocenters. The van der Waals surface area contributed by atoms with E-state index in [1.165, 1.54) is 0 Å². The number of nitrogens with one attached hydrogen (secondary N) is 2. The Balaban J connectivity index is 2.48. The molecular formula is C11H15ClN2O3S. The van der Waals surface area contributed by atoms with Crippen LogP contribution < -0.4 is 10.0 Å². The molecule has 0 spiro atoms. The number of amides is 1. The first-order valence-electron chi connectivity index (χ1n) is 5.45. The van der Waals surface area contributed by atoms with Crippen LogP contribution in [0.4, 0.5) is 5.69 Å². The third kappa shape index (κ3) is 5.48. The van der Waals surface area contributed by atoms with Gasteiger partial charge in [0.1, 0.15) is 0 Å². The molecule has 7 heteroatoms. The molecule has 0 radical (unpaired) electrons. The van der Waals surface area contributed by atoms with E-state index in [1.807, 2.05) is 0 Å². The van der Waals surface area contributed by atoms with E-state index in [2.05, 4.69) is 10.0 Å². The minimum Gasteiger partial charge on any atom is -0.325 e. The van der Waals surface area contributed by atoms with E-state index in [4.69, 9.17) is 11.6 Å². The fourth-order valence-corrected chi connectivity index (χ4v) is 2.51. The van der Waals surface area contributed by atoms with Crippen molar-refractivity contribution in [2.75, 3.05) is 17.6 Å². The number of benzene rings is 1. The number of hydrogen-bond donors (Lipinski definition) is 2. The Morgan fingerprint density at radius 1 is 1.39 bits per heavy atom. The van der Waals surface area contributed by atoms with Crippen LogP contribution >= 0.6 is 11.6 Å². The Hall–Kier alpha value is -1.11. The van der Waals surface area contributed by atoms with Crippen LogP contribution in [0.2, 0.25) is 5.02 Å². The number of rotatable bonds is 6. The van der Waals surface area contributed by atoms with Crippen LogP contribution in [0.15, 0.2) is 24.3 Å². The van der Waals surface area contributed by atoms with E-state index < -0.39 is 15.9 Å². The summed E-state index contributed by atoms with van der Waals surface area (Å²) in [6.07, 6.45) is 0.505. The standard InChI is InChI=1S/C11H15ClN2O3S/c1-2-6-18(16,17)13-8-11(15)14-10-5-3-4-9(12)7-10/h3-5,7,13H,2,6,8H2,1H3,(H,14,15). The summed E-state index contributed by atoms with van der Waals surface area (Å²) in [7, 11) is -3.36. The first-order valence-corrected chi connectivity index (χ1v) is 7.49. The molecule has 0 bridgehead atoms. The molecule has 1 aromatic carbocycles. The number of halogens is 1. The van der Waals surface area contributed by atoms with Gasteiger partial charge >= 0.3 is 0 Å². The zero-order valence-electron chi connectivity index (χ0n) is 9.94. The Kier molecular flexibility index (Phi) is 5.58. The van der Waals surface area contributed by atoms with Crippen molar-refractivity contribution in [3.63, 3.8) is 0 Å². The van der Waals surface area contributed by atoms with E-state index in [-0.39, 0.29) is 12.3 Å². The maximum Gasteiger partial charge on any atom is 0.239 e. The molecule has 0 aromatic heterocycles. The SMILES string of the molecule is CCCS(=O)(=O)NCC(=O)Nc1cccc(Cl)c1. The van der Waals surface area contributed by atoms with Gasteiger partial charge in [-0.15, -0.1) is 0 Å². The van der Waals surface area contributed by atoms with E-state index in [0.29, 0.717) is 17.1 Å². The van der Waals surface area contributed by atoms with Crippen LogP contribution in [0.25, 0.3) is 0 Å². The Labute approximate surface area is 112 Å².